The van der Waals surface area contributed by atoms with Crippen LogP contribution in [0.15, 0.2) is 24.3 Å². The van der Waals surface area contributed by atoms with Crippen molar-refractivity contribution in [2.45, 2.75) is 25.6 Å². The van der Waals surface area contributed by atoms with Gasteiger partial charge in [0.2, 0.25) is 5.91 Å². The number of hydrogen-bond donors (Lipinski definition) is 1. The summed E-state index contributed by atoms with van der Waals surface area (Å²) < 4.78 is 4.99. The first kappa shape index (κ1) is 14.8. The van der Waals surface area contributed by atoms with Crippen LogP contribution in [0.25, 0.3) is 0 Å². The maximum Gasteiger partial charge on any atom is 0.242 e. The van der Waals surface area contributed by atoms with Gasteiger partial charge in [0.1, 0.15) is 6.04 Å². The van der Waals surface area contributed by atoms with Crippen LogP contribution in [0.5, 0.6) is 0 Å². The molecule has 0 spiro atoms. The third-order valence-corrected chi connectivity index (χ3v) is 3.76. The van der Waals surface area contributed by atoms with E-state index in [-0.39, 0.29) is 18.6 Å². The number of ether oxygens (including phenoxy) is 1. The molecule has 0 fully saturated rings. The summed E-state index contributed by atoms with van der Waals surface area (Å²) in [4.78, 5) is 16.5. The first-order valence-corrected chi connectivity index (χ1v) is 6.88. The molecule has 1 heterocycles. The molecule has 5 heteroatoms. The van der Waals surface area contributed by atoms with Crippen LogP contribution >= 0.6 is 0 Å². The minimum absolute atomic E-state index is 0.0514. The number of likely N-dealkylation sites (N-methyl/N-ethyl adjacent to an activating group) is 1. The Bertz CT molecular complexity index is 478. The van der Waals surface area contributed by atoms with Gasteiger partial charge in [-0.2, -0.15) is 0 Å². The van der Waals surface area contributed by atoms with Gasteiger partial charge in [-0.15, -0.1) is 0 Å². The summed E-state index contributed by atoms with van der Waals surface area (Å²) in [6.07, 6.45) is 0. The second-order valence-electron chi connectivity index (χ2n) is 5.39. The maximum absolute atomic E-state index is 12.5. The fourth-order valence-corrected chi connectivity index (χ4v) is 2.71. The summed E-state index contributed by atoms with van der Waals surface area (Å²) in [6, 6.07) is 7.69. The Kier molecular flexibility index (Phi) is 4.62. The van der Waals surface area contributed by atoms with Crippen molar-refractivity contribution in [3.8, 4) is 0 Å². The lowest BCUT2D eigenvalue weighted by atomic mass is 10.1. The number of benzene rings is 1. The molecule has 0 saturated carbocycles. The highest BCUT2D eigenvalue weighted by molar-refractivity contribution is 5.82. The Morgan fingerprint density at radius 2 is 2.20 bits per heavy atom. The molecule has 0 aromatic heterocycles. The van der Waals surface area contributed by atoms with Gasteiger partial charge in [0.15, 0.2) is 0 Å². The fourth-order valence-electron chi connectivity index (χ4n) is 2.71. The van der Waals surface area contributed by atoms with Crippen LogP contribution in [0.4, 0.5) is 5.69 Å². The lowest BCUT2D eigenvalue weighted by Crippen LogP contribution is -2.50. The number of anilines is 1. The SMILES string of the molecule is COCC(N)C(=O)N1Cc2ccccc2N(C)CC1C. The third kappa shape index (κ3) is 2.94. The molecule has 1 aromatic rings. The van der Waals surface area contributed by atoms with Crippen molar-refractivity contribution in [3.05, 3.63) is 29.8 Å². The zero-order valence-corrected chi connectivity index (χ0v) is 12.4. The Labute approximate surface area is 120 Å². The van der Waals surface area contributed by atoms with Crippen LogP contribution in [0.3, 0.4) is 0 Å². The molecular formula is C15H23N3O2. The number of nitrogens with two attached hydrogens (primary N) is 1. The number of fused-ring (bicyclic) bond motifs is 1. The molecular weight excluding hydrogens is 254 g/mol. The van der Waals surface area contributed by atoms with Crippen LogP contribution in [-0.4, -0.2) is 50.2 Å². The summed E-state index contributed by atoms with van der Waals surface area (Å²) in [5, 5.41) is 0. The van der Waals surface area contributed by atoms with E-state index >= 15 is 0 Å². The van der Waals surface area contributed by atoms with E-state index in [1.807, 2.05) is 17.0 Å². The van der Waals surface area contributed by atoms with E-state index < -0.39 is 6.04 Å². The minimum atomic E-state index is -0.599. The van der Waals surface area contributed by atoms with Crippen molar-refractivity contribution in [1.29, 1.82) is 0 Å². The molecule has 2 atom stereocenters. The molecule has 0 aliphatic carbocycles. The number of carbonyl (C=O) groups excluding carboxylic acids is 1. The summed E-state index contributed by atoms with van der Waals surface area (Å²) in [7, 11) is 3.61. The molecule has 1 aromatic carbocycles. The molecule has 5 nitrogen and oxygen atoms in total. The molecule has 110 valence electrons. The van der Waals surface area contributed by atoms with Crippen molar-refractivity contribution in [3.63, 3.8) is 0 Å². The van der Waals surface area contributed by atoms with Crippen LogP contribution in [0, 0.1) is 0 Å². The van der Waals surface area contributed by atoms with Gasteiger partial charge in [0.05, 0.1) is 6.61 Å². The standard InChI is InChI=1S/C15H23N3O2/c1-11-8-17(2)14-7-5-4-6-12(14)9-18(11)15(19)13(16)10-20-3/h4-7,11,13H,8-10,16H2,1-3H3. The molecule has 2 N–H and O–H groups in total. The number of nitrogens with zero attached hydrogens (tertiary/aromatic N) is 2. The van der Waals surface area contributed by atoms with E-state index in [9.17, 15) is 4.79 Å². The Morgan fingerprint density at radius 1 is 1.50 bits per heavy atom. The number of hydrogen-bond acceptors (Lipinski definition) is 4. The number of para-hydroxylation sites is 1. The summed E-state index contributed by atoms with van der Waals surface area (Å²) in [6.45, 7) is 3.69. The zero-order valence-electron chi connectivity index (χ0n) is 12.4. The minimum Gasteiger partial charge on any atom is -0.383 e. The fraction of sp³-hybridized carbons (Fsp3) is 0.533. The normalized spacial score (nSPS) is 20.3. The number of amides is 1. The van der Waals surface area contributed by atoms with Crippen molar-refractivity contribution in [1.82, 2.24) is 4.90 Å². The topological polar surface area (TPSA) is 58.8 Å². The molecule has 0 radical (unpaired) electrons. The van der Waals surface area contributed by atoms with Gasteiger partial charge >= 0.3 is 0 Å². The van der Waals surface area contributed by atoms with Crippen LogP contribution in [0.1, 0.15) is 12.5 Å². The predicted molar refractivity (Wildman–Crippen MR) is 79.6 cm³/mol. The second kappa shape index (κ2) is 6.24. The van der Waals surface area contributed by atoms with Gasteiger partial charge in [-0.3, -0.25) is 4.79 Å². The number of methoxy groups -OCH3 is 1. The predicted octanol–water partition coefficient (Wildman–Crippen LogP) is 0.827. The van der Waals surface area contributed by atoms with Crippen LogP contribution in [0.2, 0.25) is 0 Å². The third-order valence-electron chi connectivity index (χ3n) is 3.76. The summed E-state index contributed by atoms with van der Waals surface area (Å²) in [5.74, 6) is -0.0514. The van der Waals surface area contributed by atoms with Crippen molar-refractivity contribution >= 4 is 11.6 Å². The Balaban J connectivity index is 2.25. The lowest BCUT2D eigenvalue weighted by Gasteiger charge is -2.30. The van der Waals surface area contributed by atoms with Crippen LogP contribution < -0.4 is 10.6 Å². The molecule has 2 unspecified atom stereocenters. The number of carbonyl (C=O) groups is 1. The summed E-state index contributed by atoms with van der Waals surface area (Å²) >= 11 is 0. The first-order valence-electron chi connectivity index (χ1n) is 6.88. The monoisotopic (exact) mass is 277 g/mol. The van der Waals surface area contributed by atoms with E-state index in [1.165, 1.54) is 5.69 Å². The van der Waals surface area contributed by atoms with Crippen LogP contribution in [-0.2, 0) is 16.1 Å². The van der Waals surface area contributed by atoms with Crippen molar-refractivity contribution in [2.24, 2.45) is 5.73 Å². The maximum atomic E-state index is 12.5. The van der Waals surface area contributed by atoms with Gasteiger partial charge in [-0.25, -0.2) is 0 Å². The molecule has 2 rings (SSSR count). The van der Waals surface area contributed by atoms with Gasteiger partial charge in [-0.05, 0) is 18.6 Å². The second-order valence-corrected chi connectivity index (χ2v) is 5.39. The van der Waals surface area contributed by atoms with E-state index in [0.29, 0.717) is 6.54 Å². The molecule has 1 aliphatic heterocycles. The van der Waals surface area contributed by atoms with Gasteiger partial charge in [0, 0.05) is 39.0 Å². The Morgan fingerprint density at radius 3 is 2.90 bits per heavy atom. The van der Waals surface area contributed by atoms with Gasteiger partial charge in [-0.1, -0.05) is 18.2 Å². The molecule has 1 amide bonds. The molecule has 0 bridgehead atoms. The summed E-state index contributed by atoms with van der Waals surface area (Å²) in [5.41, 5.74) is 8.22. The molecule has 20 heavy (non-hydrogen) atoms. The van der Waals surface area contributed by atoms with Crippen molar-refractivity contribution in [2.75, 3.05) is 32.2 Å². The average molecular weight is 277 g/mol. The lowest BCUT2D eigenvalue weighted by molar-refractivity contribution is -0.136. The molecule has 0 saturated heterocycles. The quantitative estimate of drug-likeness (QED) is 0.889. The highest BCUT2D eigenvalue weighted by Gasteiger charge is 2.29. The van der Waals surface area contributed by atoms with Gasteiger partial charge in [0.25, 0.3) is 0 Å². The van der Waals surface area contributed by atoms with E-state index in [1.54, 1.807) is 7.11 Å². The van der Waals surface area contributed by atoms with Crippen molar-refractivity contribution < 1.29 is 9.53 Å². The first-order chi connectivity index (χ1) is 9.54. The highest BCUT2D eigenvalue weighted by atomic mass is 16.5. The smallest absolute Gasteiger partial charge is 0.242 e. The van der Waals surface area contributed by atoms with E-state index in [2.05, 4.69) is 31.0 Å². The zero-order chi connectivity index (χ0) is 14.7. The highest BCUT2D eigenvalue weighted by Crippen LogP contribution is 2.26. The van der Waals surface area contributed by atoms with E-state index in [4.69, 9.17) is 10.5 Å². The number of rotatable bonds is 3. The van der Waals surface area contributed by atoms with E-state index in [0.717, 1.165) is 12.1 Å². The largest absolute Gasteiger partial charge is 0.383 e. The molecule has 1 aliphatic rings. The average Bonchev–Trinajstić information content (AvgIpc) is 2.56. The Hall–Kier alpha value is -1.59. The van der Waals surface area contributed by atoms with Gasteiger partial charge < -0.3 is 20.3 Å².